The van der Waals surface area contributed by atoms with Crippen LogP contribution in [-0.2, 0) is 18.4 Å². The second-order valence-electron chi connectivity index (χ2n) is 8.16. The van der Waals surface area contributed by atoms with Crippen molar-refractivity contribution in [1.29, 1.82) is 0 Å². The Morgan fingerprint density at radius 1 is 0.864 bits per heavy atom. The molecule has 3 nitrogen and oxygen atoms in total. The molecule has 3 heteroatoms. The lowest BCUT2D eigenvalue weighted by atomic mass is 9.83. The molecule has 2 heterocycles. The number of anilines is 1. The van der Waals surface area contributed by atoms with Crippen LogP contribution in [-0.4, -0.2) is 56.6 Å². The van der Waals surface area contributed by atoms with Gasteiger partial charge in [-0.15, -0.1) is 0 Å². The van der Waals surface area contributed by atoms with E-state index in [-0.39, 0.29) is 5.41 Å². The van der Waals surface area contributed by atoms with E-state index in [2.05, 4.69) is 61.7 Å². The van der Waals surface area contributed by atoms with Crippen LogP contribution in [0.2, 0.25) is 0 Å². The van der Waals surface area contributed by atoms with Gasteiger partial charge in [-0.2, -0.15) is 0 Å². The van der Waals surface area contributed by atoms with E-state index < -0.39 is 0 Å². The second kappa shape index (κ2) is 5.86. The Labute approximate surface area is 135 Å². The number of nitrogens with zero attached hydrogens (tertiary/aromatic N) is 3. The van der Waals surface area contributed by atoms with Gasteiger partial charge in [0.1, 0.15) is 0 Å². The molecule has 0 amide bonds. The first-order chi connectivity index (χ1) is 10.3. The van der Waals surface area contributed by atoms with Gasteiger partial charge in [0.25, 0.3) is 0 Å². The predicted octanol–water partition coefficient (Wildman–Crippen LogP) is 2.72. The van der Waals surface area contributed by atoms with Crippen LogP contribution in [0.3, 0.4) is 0 Å². The van der Waals surface area contributed by atoms with Gasteiger partial charge in [0, 0.05) is 45.0 Å². The molecule has 1 fully saturated rings. The average molecular weight is 301 g/mol. The molecule has 0 saturated carbocycles. The lowest BCUT2D eigenvalue weighted by molar-refractivity contribution is 0.306. The minimum absolute atomic E-state index is 0.215. The number of hydrogen-bond acceptors (Lipinski definition) is 3. The number of rotatable bonds is 1. The molecule has 1 aromatic rings. The fourth-order valence-corrected chi connectivity index (χ4v) is 3.58. The summed E-state index contributed by atoms with van der Waals surface area (Å²) in [5.74, 6) is 0. The molecular formula is C19H31N3. The van der Waals surface area contributed by atoms with Crippen molar-refractivity contribution in [1.82, 2.24) is 9.80 Å². The van der Waals surface area contributed by atoms with Crippen LogP contribution in [0.5, 0.6) is 0 Å². The molecule has 0 aromatic heterocycles. The first kappa shape index (κ1) is 15.8. The van der Waals surface area contributed by atoms with Crippen LogP contribution < -0.4 is 4.90 Å². The van der Waals surface area contributed by atoms with Gasteiger partial charge in [-0.25, -0.2) is 0 Å². The molecule has 0 aliphatic carbocycles. The molecule has 0 bridgehead atoms. The molecule has 2 aliphatic rings. The predicted molar refractivity (Wildman–Crippen MR) is 94.9 cm³/mol. The molecule has 0 atom stereocenters. The summed E-state index contributed by atoms with van der Waals surface area (Å²) in [7, 11) is 4.47. The third kappa shape index (κ3) is 3.16. The van der Waals surface area contributed by atoms with E-state index in [0.29, 0.717) is 0 Å². The van der Waals surface area contributed by atoms with Crippen molar-refractivity contribution in [2.45, 2.75) is 39.2 Å². The van der Waals surface area contributed by atoms with E-state index in [4.69, 9.17) is 0 Å². The Balaban J connectivity index is 2.01. The molecule has 1 aromatic carbocycles. The second-order valence-corrected chi connectivity index (χ2v) is 8.16. The average Bonchev–Trinajstić information content (AvgIpc) is 2.45. The SMILES string of the molecule is CN1CCN(c2cc(C(C)(C)C)cc3c2CCN(C)C3)CC1. The number of likely N-dealkylation sites (N-methyl/N-ethyl adjacent to an activating group) is 2. The van der Waals surface area contributed by atoms with Crippen LogP contribution in [0, 0.1) is 0 Å². The standard InChI is InChI=1S/C19H31N3/c1-19(2,3)16-12-15-14-21(5)7-6-17(15)18(13-16)22-10-8-20(4)9-11-22/h12-13H,6-11,14H2,1-5H3. The highest BCUT2D eigenvalue weighted by atomic mass is 15.2. The zero-order valence-corrected chi connectivity index (χ0v) is 14.9. The van der Waals surface area contributed by atoms with Gasteiger partial charge >= 0.3 is 0 Å². The molecule has 0 unspecified atom stereocenters. The van der Waals surface area contributed by atoms with Gasteiger partial charge in [-0.1, -0.05) is 26.8 Å². The van der Waals surface area contributed by atoms with Gasteiger partial charge in [0.2, 0.25) is 0 Å². The maximum Gasteiger partial charge on any atom is 0.0406 e. The van der Waals surface area contributed by atoms with Crippen LogP contribution >= 0.6 is 0 Å². The lowest BCUT2D eigenvalue weighted by Crippen LogP contribution is -2.45. The molecule has 0 N–H and O–H groups in total. The van der Waals surface area contributed by atoms with Gasteiger partial charge in [0.15, 0.2) is 0 Å². The quantitative estimate of drug-likeness (QED) is 0.790. The van der Waals surface area contributed by atoms with Crippen molar-refractivity contribution in [2.75, 3.05) is 51.7 Å². The van der Waals surface area contributed by atoms with Crippen LogP contribution in [0.15, 0.2) is 12.1 Å². The summed E-state index contributed by atoms with van der Waals surface area (Å²) in [5, 5.41) is 0. The molecule has 2 aliphatic heterocycles. The minimum Gasteiger partial charge on any atom is -0.369 e. The highest BCUT2D eigenvalue weighted by Gasteiger charge is 2.25. The van der Waals surface area contributed by atoms with Gasteiger partial charge in [0.05, 0.1) is 0 Å². The summed E-state index contributed by atoms with van der Waals surface area (Å²) in [6, 6.07) is 4.94. The monoisotopic (exact) mass is 301 g/mol. The van der Waals surface area contributed by atoms with Crippen LogP contribution in [0.25, 0.3) is 0 Å². The van der Waals surface area contributed by atoms with Crippen molar-refractivity contribution >= 4 is 5.69 Å². The minimum atomic E-state index is 0.215. The van der Waals surface area contributed by atoms with Crippen molar-refractivity contribution in [3.05, 3.63) is 28.8 Å². The summed E-state index contributed by atoms with van der Waals surface area (Å²) in [4.78, 5) is 7.51. The topological polar surface area (TPSA) is 9.72 Å². The van der Waals surface area contributed by atoms with E-state index in [1.807, 2.05) is 0 Å². The smallest absolute Gasteiger partial charge is 0.0406 e. The Kier molecular flexibility index (Phi) is 4.21. The van der Waals surface area contributed by atoms with Crippen molar-refractivity contribution in [2.24, 2.45) is 0 Å². The largest absolute Gasteiger partial charge is 0.369 e. The van der Waals surface area contributed by atoms with Crippen LogP contribution in [0.1, 0.15) is 37.5 Å². The molecule has 22 heavy (non-hydrogen) atoms. The Morgan fingerprint density at radius 3 is 2.18 bits per heavy atom. The van der Waals surface area contributed by atoms with Crippen molar-refractivity contribution in [3.63, 3.8) is 0 Å². The molecule has 122 valence electrons. The Hall–Kier alpha value is -1.06. The summed E-state index contributed by atoms with van der Waals surface area (Å²) < 4.78 is 0. The lowest BCUT2D eigenvalue weighted by Gasteiger charge is -2.38. The first-order valence-electron chi connectivity index (χ1n) is 8.63. The summed E-state index contributed by atoms with van der Waals surface area (Å²) in [5.41, 5.74) is 6.37. The van der Waals surface area contributed by atoms with E-state index in [1.165, 1.54) is 37.3 Å². The molecule has 3 rings (SSSR count). The Bertz CT molecular complexity index is 536. The van der Waals surface area contributed by atoms with Crippen LogP contribution in [0.4, 0.5) is 5.69 Å². The summed E-state index contributed by atoms with van der Waals surface area (Å²) in [6.07, 6.45) is 1.19. The maximum atomic E-state index is 2.62. The van der Waals surface area contributed by atoms with Gasteiger partial charge < -0.3 is 14.7 Å². The number of piperazine rings is 1. The molecular weight excluding hydrogens is 270 g/mol. The molecule has 0 radical (unpaired) electrons. The third-order valence-electron chi connectivity index (χ3n) is 5.21. The van der Waals surface area contributed by atoms with Crippen molar-refractivity contribution in [3.8, 4) is 0 Å². The fraction of sp³-hybridized carbons (Fsp3) is 0.684. The highest BCUT2D eigenvalue weighted by molar-refractivity contribution is 5.61. The zero-order valence-electron chi connectivity index (χ0n) is 14.9. The number of benzene rings is 1. The van der Waals surface area contributed by atoms with E-state index in [0.717, 1.165) is 19.6 Å². The normalized spacial score (nSPS) is 21.0. The fourth-order valence-electron chi connectivity index (χ4n) is 3.58. The van der Waals surface area contributed by atoms with Crippen molar-refractivity contribution < 1.29 is 0 Å². The van der Waals surface area contributed by atoms with Gasteiger partial charge in [-0.05, 0) is 48.7 Å². The number of fused-ring (bicyclic) bond motifs is 1. The highest BCUT2D eigenvalue weighted by Crippen LogP contribution is 2.35. The van der Waals surface area contributed by atoms with E-state index >= 15 is 0 Å². The number of hydrogen-bond donors (Lipinski definition) is 0. The van der Waals surface area contributed by atoms with E-state index in [1.54, 1.807) is 11.1 Å². The third-order valence-corrected chi connectivity index (χ3v) is 5.21. The summed E-state index contributed by atoms with van der Waals surface area (Å²) >= 11 is 0. The summed E-state index contributed by atoms with van der Waals surface area (Å²) in [6.45, 7) is 13.9. The molecule has 0 spiro atoms. The Morgan fingerprint density at radius 2 is 1.55 bits per heavy atom. The van der Waals surface area contributed by atoms with Gasteiger partial charge in [-0.3, -0.25) is 0 Å². The first-order valence-corrected chi connectivity index (χ1v) is 8.63. The van der Waals surface area contributed by atoms with E-state index in [9.17, 15) is 0 Å². The maximum absolute atomic E-state index is 2.62. The zero-order chi connectivity index (χ0) is 15.9. The molecule has 1 saturated heterocycles.